The van der Waals surface area contributed by atoms with Crippen LogP contribution >= 0.6 is 0 Å². The summed E-state index contributed by atoms with van der Waals surface area (Å²) in [5.41, 5.74) is 3.09. The van der Waals surface area contributed by atoms with E-state index in [-0.39, 0.29) is 0 Å². The van der Waals surface area contributed by atoms with Gasteiger partial charge in [-0.2, -0.15) is 0 Å². The first-order valence-corrected chi connectivity index (χ1v) is 3.49. The monoisotopic (exact) mass is 121 g/mol. The lowest BCUT2D eigenvalue weighted by molar-refractivity contribution is 1.25. The summed E-state index contributed by atoms with van der Waals surface area (Å²) >= 11 is 0. The van der Waals surface area contributed by atoms with Crippen LogP contribution in [0.15, 0.2) is 29.2 Å². The van der Waals surface area contributed by atoms with E-state index in [1.807, 2.05) is 19.2 Å². The third-order valence-electron chi connectivity index (χ3n) is 0.858. The lowest BCUT2D eigenvalue weighted by Crippen LogP contribution is -2.13. The molecule has 1 rings (SSSR count). The zero-order chi connectivity index (χ0) is 5.82. The number of allylic oxidation sites excluding steroid dienone is 3. The molecule has 1 aliphatic carbocycles. The smallest absolute Gasteiger partial charge is 0.189 e. The second kappa shape index (κ2) is 2.67. The Morgan fingerprint density at radius 3 is 3.12 bits per heavy atom. The molecule has 2 heteroatoms. The summed E-state index contributed by atoms with van der Waals surface area (Å²) in [6.07, 6.45) is 5.99. The predicted molar refractivity (Wildman–Crippen MR) is 35.5 cm³/mol. The Bertz CT molecular complexity index is 163. The van der Waals surface area contributed by atoms with Crippen LogP contribution in [0.25, 0.3) is 0 Å². The van der Waals surface area contributed by atoms with Gasteiger partial charge in [-0.3, -0.25) is 0 Å². The van der Waals surface area contributed by atoms with Crippen LogP contribution in [0.2, 0.25) is 0 Å². The number of hydrogen-bond donors (Lipinski definition) is 1. The predicted octanol–water partition coefficient (Wildman–Crippen LogP) is 0.434. The molecule has 0 atom stereocenters. The molecule has 2 radical (unpaired) electrons. The molecule has 0 aliphatic heterocycles. The standard InChI is InChI=1S/C6H7NSi/c1-7-8-6-4-2-3-5-6/h2-4,7H,1H3. The van der Waals surface area contributed by atoms with Gasteiger partial charge in [0, 0.05) is 0 Å². The highest BCUT2D eigenvalue weighted by Crippen LogP contribution is 1.96. The van der Waals surface area contributed by atoms with Crippen molar-refractivity contribution in [2.24, 2.45) is 0 Å². The van der Waals surface area contributed by atoms with Crippen molar-refractivity contribution in [1.82, 2.24) is 4.98 Å². The Morgan fingerprint density at radius 1 is 1.75 bits per heavy atom. The summed E-state index contributed by atoms with van der Waals surface area (Å²) in [5.74, 6) is 0. The van der Waals surface area contributed by atoms with Crippen LogP contribution in [0.4, 0.5) is 0 Å². The fourth-order valence-corrected chi connectivity index (χ4v) is 1.15. The first-order chi connectivity index (χ1) is 3.93. The second-order valence-electron chi connectivity index (χ2n) is 1.46. The molecule has 0 heterocycles. The van der Waals surface area contributed by atoms with Crippen LogP contribution in [-0.2, 0) is 0 Å². The van der Waals surface area contributed by atoms with E-state index >= 15 is 0 Å². The zero-order valence-corrected chi connectivity index (χ0v) is 5.73. The Balaban J connectivity index is 2.48. The molecule has 0 spiro atoms. The molecule has 0 unspecified atom stereocenters. The molecule has 0 aromatic carbocycles. The van der Waals surface area contributed by atoms with Gasteiger partial charge in [0.2, 0.25) is 0 Å². The molecular weight excluding hydrogens is 114 g/mol. The van der Waals surface area contributed by atoms with Gasteiger partial charge < -0.3 is 4.98 Å². The van der Waals surface area contributed by atoms with E-state index in [0.717, 1.165) is 0 Å². The normalized spacial score (nSPS) is 14.9. The van der Waals surface area contributed by atoms with E-state index < -0.39 is 0 Å². The topological polar surface area (TPSA) is 12.0 Å². The molecule has 8 heavy (non-hydrogen) atoms. The molecule has 0 aromatic rings. The van der Waals surface area contributed by atoms with E-state index in [1.165, 1.54) is 5.20 Å². The van der Waals surface area contributed by atoms with Crippen LogP contribution in [0.3, 0.4) is 0 Å². The van der Waals surface area contributed by atoms with Crippen molar-refractivity contribution in [1.29, 1.82) is 0 Å². The fraction of sp³-hybridized carbons (Fsp3) is 0.167. The van der Waals surface area contributed by atoms with Crippen LogP contribution < -0.4 is 4.98 Å². The molecule has 0 saturated carbocycles. The van der Waals surface area contributed by atoms with Crippen LogP contribution in [-0.4, -0.2) is 16.7 Å². The van der Waals surface area contributed by atoms with Gasteiger partial charge in [0.25, 0.3) is 0 Å². The summed E-state index contributed by atoms with van der Waals surface area (Å²) < 4.78 is 0. The van der Waals surface area contributed by atoms with Crippen molar-refractivity contribution in [3.05, 3.63) is 29.2 Å². The SMILES string of the molecule is CN[Si]C1=C=CC=C1. The molecule has 1 N–H and O–H groups in total. The van der Waals surface area contributed by atoms with Gasteiger partial charge >= 0.3 is 0 Å². The largest absolute Gasteiger partial charge is 0.338 e. The zero-order valence-electron chi connectivity index (χ0n) is 4.73. The molecule has 0 bridgehead atoms. The number of rotatable bonds is 2. The van der Waals surface area contributed by atoms with Gasteiger partial charge in [-0.25, -0.2) is 0 Å². The van der Waals surface area contributed by atoms with Crippen LogP contribution in [0, 0.1) is 0 Å². The summed E-state index contributed by atoms with van der Waals surface area (Å²) in [6, 6.07) is 0. The minimum Gasteiger partial charge on any atom is -0.338 e. The molecular formula is C6H7NSi. The molecule has 0 aromatic heterocycles. The van der Waals surface area contributed by atoms with Crippen molar-refractivity contribution in [3.8, 4) is 0 Å². The van der Waals surface area contributed by atoms with Gasteiger partial charge in [-0.1, -0.05) is 12.2 Å². The van der Waals surface area contributed by atoms with Gasteiger partial charge in [0.1, 0.15) is 0 Å². The third kappa shape index (κ3) is 1.20. The second-order valence-corrected chi connectivity index (χ2v) is 2.75. The molecule has 1 nitrogen and oxygen atoms in total. The highest BCUT2D eigenvalue weighted by molar-refractivity contribution is 6.43. The van der Waals surface area contributed by atoms with E-state index in [9.17, 15) is 0 Å². The molecule has 0 fully saturated rings. The summed E-state index contributed by atoms with van der Waals surface area (Å²) in [6.45, 7) is 0. The molecule has 1 aliphatic rings. The highest BCUT2D eigenvalue weighted by atomic mass is 28.2. The first-order valence-electron chi connectivity index (χ1n) is 2.49. The van der Waals surface area contributed by atoms with Gasteiger partial charge in [-0.05, 0) is 18.3 Å². The highest BCUT2D eigenvalue weighted by Gasteiger charge is 1.91. The van der Waals surface area contributed by atoms with Crippen molar-refractivity contribution < 1.29 is 0 Å². The van der Waals surface area contributed by atoms with Crippen LogP contribution in [0.1, 0.15) is 0 Å². The fourth-order valence-electron chi connectivity index (χ4n) is 0.543. The maximum atomic E-state index is 3.09. The molecule has 40 valence electrons. The third-order valence-corrected chi connectivity index (χ3v) is 1.69. The maximum Gasteiger partial charge on any atom is 0.189 e. The van der Waals surface area contributed by atoms with Crippen molar-refractivity contribution in [2.75, 3.05) is 7.05 Å². The minimum absolute atomic E-state index is 0.706. The van der Waals surface area contributed by atoms with E-state index in [0.29, 0.717) is 9.68 Å². The van der Waals surface area contributed by atoms with E-state index in [4.69, 9.17) is 0 Å². The van der Waals surface area contributed by atoms with Crippen molar-refractivity contribution >= 4 is 9.68 Å². The summed E-state index contributed by atoms with van der Waals surface area (Å²) in [4.78, 5) is 3.07. The van der Waals surface area contributed by atoms with E-state index in [1.54, 1.807) is 0 Å². The Morgan fingerprint density at radius 2 is 2.62 bits per heavy atom. The number of hydrogen-bond acceptors (Lipinski definition) is 1. The van der Waals surface area contributed by atoms with Gasteiger partial charge in [0.15, 0.2) is 9.68 Å². The molecule has 0 saturated heterocycles. The lowest BCUT2D eigenvalue weighted by atomic mass is 10.6. The quantitative estimate of drug-likeness (QED) is 0.413. The lowest BCUT2D eigenvalue weighted by Gasteiger charge is -1.88. The van der Waals surface area contributed by atoms with Crippen LogP contribution in [0.5, 0.6) is 0 Å². The van der Waals surface area contributed by atoms with Crippen molar-refractivity contribution in [2.45, 2.75) is 0 Å². The first kappa shape index (κ1) is 5.57. The van der Waals surface area contributed by atoms with Crippen molar-refractivity contribution in [3.63, 3.8) is 0 Å². The Labute approximate surface area is 51.7 Å². The minimum atomic E-state index is 0.706. The molecule has 0 amide bonds. The van der Waals surface area contributed by atoms with Gasteiger partial charge in [0.05, 0.1) is 0 Å². The van der Waals surface area contributed by atoms with Gasteiger partial charge in [-0.15, -0.1) is 5.73 Å². The Kier molecular flexibility index (Phi) is 1.86. The average Bonchev–Trinajstić information content (AvgIpc) is 2.19. The number of nitrogens with one attached hydrogen (secondary N) is 1. The Hall–Kier alpha value is -0.563. The summed E-state index contributed by atoms with van der Waals surface area (Å²) in [5, 5.41) is 1.26. The maximum absolute atomic E-state index is 3.09. The summed E-state index contributed by atoms with van der Waals surface area (Å²) in [7, 11) is 2.65. The average molecular weight is 121 g/mol. The van der Waals surface area contributed by atoms with E-state index in [2.05, 4.69) is 16.8 Å².